The van der Waals surface area contributed by atoms with Crippen molar-refractivity contribution in [2.24, 2.45) is 21.7 Å². The van der Waals surface area contributed by atoms with Crippen LogP contribution in [-0.2, 0) is 29.4 Å². The highest BCUT2D eigenvalue weighted by Gasteiger charge is 2.66. The Labute approximate surface area is 512 Å². The van der Waals surface area contributed by atoms with Crippen LogP contribution in [0.2, 0.25) is 5.04 Å². The summed E-state index contributed by atoms with van der Waals surface area (Å²) in [5.41, 5.74) is 0.972. The molecule has 86 heavy (non-hydrogen) atoms. The molecule has 464 valence electrons. The molecule has 3 N–H and O–H groups in total. The monoisotopic (exact) mass is 1210 g/mol. The Kier molecular flexibility index (Phi) is 17.9. The van der Waals surface area contributed by atoms with Crippen LogP contribution < -0.4 is 10.4 Å². The van der Waals surface area contributed by atoms with E-state index in [1.807, 2.05) is 111 Å². The van der Waals surface area contributed by atoms with Crippen LogP contribution in [0.3, 0.4) is 0 Å². The number of pyridine rings is 1. The van der Waals surface area contributed by atoms with Gasteiger partial charge in [-0.1, -0.05) is 133 Å². The van der Waals surface area contributed by atoms with Gasteiger partial charge in [-0.2, -0.15) is 5.10 Å². The number of amides is 1. The molecule has 17 heteroatoms. The van der Waals surface area contributed by atoms with E-state index in [2.05, 4.69) is 87.8 Å². The van der Waals surface area contributed by atoms with Crippen LogP contribution in [0.5, 0.6) is 0 Å². The van der Waals surface area contributed by atoms with Crippen molar-refractivity contribution in [2.45, 2.75) is 170 Å². The lowest BCUT2D eigenvalue weighted by Crippen LogP contribution is -2.66. The van der Waals surface area contributed by atoms with Crippen LogP contribution in [0.15, 0.2) is 115 Å². The minimum Gasteiger partial charge on any atom is -0.478 e. The highest BCUT2D eigenvalue weighted by atomic mass is 32.3. The zero-order chi connectivity index (χ0) is 62.5. The topological polar surface area (TPSA) is 192 Å². The minimum atomic E-state index is -3.60. The zero-order valence-electron chi connectivity index (χ0n) is 53.2. The van der Waals surface area contributed by atoms with Crippen molar-refractivity contribution in [1.82, 2.24) is 19.7 Å². The number of hydrogen-bond acceptors (Lipinski definition) is 12. The predicted octanol–water partition coefficient (Wildman–Crippen LogP) is 14.8. The first-order valence-corrected chi connectivity index (χ1v) is 33.9. The first-order valence-electron chi connectivity index (χ1n) is 30.4. The average Bonchev–Trinajstić information content (AvgIpc) is 0.751. The lowest BCUT2D eigenvalue weighted by atomic mass is 9.39. The van der Waals surface area contributed by atoms with Gasteiger partial charge in [0.05, 0.1) is 52.9 Å². The zero-order valence-corrected chi connectivity index (χ0v) is 55.0. The molecule has 4 aliphatic rings. The molecule has 4 aliphatic carbocycles. The van der Waals surface area contributed by atoms with Crippen molar-refractivity contribution in [3.8, 4) is 22.4 Å². The van der Waals surface area contributed by atoms with E-state index in [0.717, 1.165) is 55.2 Å². The van der Waals surface area contributed by atoms with E-state index in [0.29, 0.717) is 41.8 Å². The predicted molar refractivity (Wildman–Crippen MR) is 344 cm³/mol. The number of carbonyl (C=O) groups excluding carboxylic acids is 2. The number of hydrogen-bond donors (Lipinski definition) is 3. The molecule has 1 amide bonds. The van der Waals surface area contributed by atoms with Gasteiger partial charge in [0.1, 0.15) is 11.2 Å². The molecular weight excluding hydrogens is 1120 g/mol. The second-order valence-electron chi connectivity index (χ2n) is 29.6. The largest absolute Gasteiger partial charge is 0.478 e. The Morgan fingerprint density at radius 2 is 1.34 bits per heavy atom. The van der Waals surface area contributed by atoms with E-state index >= 15 is 0 Å². The van der Waals surface area contributed by atoms with Crippen LogP contribution in [0, 0.1) is 28.6 Å². The van der Waals surface area contributed by atoms with Crippen molar-refractivity contribution >= 4 is 58.4 Å². The maximum Gasteiger partial charge on any atom is 0.410 e. The van der Waals surface area contributed by atoms with E-state index in [4.69, 9.17) is 32.9 Å². The molecule has 6 aromatic rings. The van der Waals surface area contributed by atoms with Gasteiger partial charge < -0.3 is 37.7 Å². The van der Waals surface area contributed by atoms with Crippen LogP contribution >= 0.6 is 10.9 Å². The van der Waals surface area contributed by atoms with Crippen molar-refractivity contribution < 1.29 is 51.4 Å². The molecule has 2 atom stereocenters. The summed E-state index contributed by atoms with van der Waals surface area (Å²) >= 11 is 0. The SMILES string of the molecule is Cc1c(-c2ccc(-c3ccc4cccc(C(=O)O)c4c3)nc2C(=O)OC(C)(C)C)cnn1CC12CC3(C)CC(C)(C1)CC(OCCN(CCS(O)(O)OCC(C)(C)CCO[Si](c1ccccc1)(c1ccccc1)C(C)(C)C)C(=O)OC(C)(C)C)(C3)C2. The fourth-order valence-electron chi connectivity index (χ4n) is 15.1. The minimum absolute atomic E-state index is 0.00864. The fourth-order valence-corrected chi connectivity index (χ4v) is 20.8. The molecule has 4 saturated carbocycles. The molecule has 0 radical (unpaired) electrons. The molecule has 0 aliphatic heterocycles. The summed E-state index contributed by atoms with van der Waals surface area (Å²) < 4.78 is 57.3. The van der Waals surface area contributed by atoms with E-state index in [1.165, 1.54) is 15.3 Å². The van der Waals surface area contributed by atoms with Gasteiger partial charge in [0.2, 0.25) is 0 Å². The van der Waals surface area contributed by atoms with Crippen LogP contribution in [-0.4, -0.2) is 116 Å². The Hall–Kier alpha value is -5.92. The second kappa shape index (κ2) is 23.9. The third-order valence-electron chi connectivity index (χ3n) is 17.6. The molecule has 2 heterocycles. The highest BCUT2D eigenvalue weighted by molar-refractivity contribution is 8.20. The number of benzene rings is 4. The fraction of sp³-hybridized carbons (Fsp3) is 0.522. The molecule has 2 aromatic heterocycles. The summed E-state index contributed by atoms with van der Waals surface area (Å²) in [7, 11) is -6.38. The summed E-state index contributed by atoms with van der Waals surface area (Å²) in [6, 6.07) is 35.5. The summed E-state index contributed by atoms with van der Waals surface area (Å²) in [6.45, 7) is 30.1. The summed E-state index contributed by atoms with van der Waals surface area (Å²) in [5, 5.41) is 18.6. The third-order valence-corrected chi connectivity index (χ3v) is 23.9. The lowest BCUT2D eigenvalue weighted by Gasteiger charge is -2.69. The van der Waals surface area contributed by atoms with Crippen LogP contribution in [0.25, 0.3) is 33.2 Å². The molecule has 4 bridgehead atoms. The number of aromatic carboxylic acids is 1. The molecule has 2 unspecified atom stereocenters. The molecule has 0 spiro atoms. The van der Waals surface area contributed by atoms with Crippen molar-refractivity contribution in [2.75, 3.05) is 38.7 Å². The number of aromatic nitrogens is 3. The molecule has 4 fully saturated rings. The third kappa shape index (κ3) is 14.5. The summed E-state index contributed by atoms with van der Waals surface area (Å²) in [4.78, 5) is 46.8. The molecular formula is C69H92N4O11SSi. The summed E-state index contributed by atoms with van der Waals surface area (Å²) in [6.07, 6.45) is 7.49. The molecule has 0 saturated heterocycles. The number of esters is 1. The first-order chi connectivity index (χ1) is 40.0. The van der Waals surface area contributed by atoms with Gasteiger partial charge in [-0.25, -0.2) is 19.4 Å². The normalized spacial score (nSPS) is 21.8. The number of carboxylic acids is 1. The van der Waals surface area contributed by atoms with E-state index in [9.17, 15) is 28.6 Å². The maximum absolute atomic E-state index is 14.2. The number of rotatable bonds is 22. The van der Waals surface area contributed by atoms with E-state index in [-0.39, 0.29) is 64.6 Å². The maximum atomic E-state index is 14.2. The molecule has 4 aromatic carbocycles. The number of carboxylic acid groups (broad SMARTS) is 1. The Morgan fingerprint density at radius 1 is 0.709 bits per heavy atom. The van der Waals surface area contributed by atoms with Gasteiger partial charge >= 0.3 is 18.0 Å². The number of carbonyl (C=O) groups is 3. The van der Waals surface area contributed by atoms with Gasteiger partial charge in [-0.3, -0.25) is 8.86 Å². The molecule has 15 nitrogen and oxygen atoms in total. The van der Waals surface area contributed by atoms with E-state index in [1.54, 1.807) is 18.2 Å². The number of nitrogens with zero attached hydrogens (tertiary/aromatic N) is 4. The lowest BCUT2D eigenvalue weighted by molar-refractivity contribution is -0.248. The first kappa shape index (κ1) is 64.5. The Morgan fingerprint density at radius 3 is 1.93 bits per heavy atom. The van der Waals surface area contributed by atoms with Crippen LogP contribution in [0.1, 0.15) is 161 Å². The smallest absolute Gasteiger partial charge is 0.410 e. The van der Waals surface area contributed by atoms with Gasteiger partial charge in [0.15, 0.2) is 5.69 Å². The van der Waals surface area contributed by atoms with Crippen LogP contribution in [0.4, 0.5) is 4.79 Å². The summed E-state index contributed by atoms with van der Waals surface area (Å²) in [5.74, 6) is -1.81. The quantitative estimate of drug-likeness (QED) is 0.0430. The van der Waals surface area contributed by atoms with Gasteiger partial charge in [-0.15, -0.1) is 0 Å². The Bertz CT molecular complexity index is 3380. The second-order valence-corrected chi connectivity index (χ2v) is 35.8. The average molecular weight is 1210 g/mol. The number of ether oxygens (including phenoxy) is 3. The molecule has 10 rings (SSSR count). The highest BCUT2D eigenvalue weighted by Crippen LogP contribution is 2.72. The van der Waals surface area contributed by atoms with Crippen molar-refractivity contribution in [1.29, 1.82) is 0 Å². The van der Waals surface area contributed by atoms with Crippen molar-refractivity contribution in [3.05, 3.63) is 132 Å². The number of fused-ring (bicyclic) bond motifs is 1. The standard InChI is InChI=1S/C69H92N4O11SSi/c1-48-56(53-30-31-57(71-58(53)60(76)83-62(2,3)4)50-29-28-49-22-21-27-54(59(74)75)55(49)38-50)39-70-73(48)46-68-41-66(13)40-67(14,42-68)44-69(43-66,45-68)80-36-33-72(61(77)84-63(5,6)7)34-37-85(78,79)81-47-65(11,12)32-35-82-86(64(8,9)10,51-23-17-15-18-24-51)52-25-19-16-20-26-52/h15-31,38-39,78-79H,32-37,40-47H2,1-14H3,(H,74,75). The van der Waals surface area contributed by atoms with Crippen molar-refractivity contribution in [3.63, 3.8) is 0 Å². The van der Waals surface area contributed by atoms with Gasteiger partial charge in [0.25, 0.3) is 8.32 Å². The Balaban J connectivity index is 0.883. The van der Waals surface area contributed by atoms with Gasteiger partial charge in [-0.05, 0) is 166 Å². The van der Waals surface area contributed by atoms with E-state index < -0.39 is 59.4 Å². The van der Waals surface area contributed by atoms with Gasteiger partial charge in [0, 0.05) is 48.6 Å².